The topological polar surface area (TPSA) is 72.2 Å². The van der Waals surface area contributed by atoms with Crippen molar-refractivity contribution in [3.05, 3.63) is 29.6 Å². The highest BCUT2D eigenvalue weighted by atomic mass is 32.2. The quantitative estimate of drug-likeness (QED) is 0.814. The maximum absolute atomic E-state index is 13.6. The van der Waals surface area contributed by atoms with Crippen LogP contribution in [-0.2, 0) is 9.84 Å². The van der Waals surface area contributed by atoms with E-state index in [4.69, 9.17) is 18.0 Å². The van der Waals surface area contributed by atoms with Gasteiger partial charge in [-0.05, 0) is 24.6 Å². The lowest BCUT2D eigenvalue weighted by molar-refractivity contribution is 0.602. The van der Waals surface area contributed by atoms with Crippen LogP contribution in [0, 0.1) is 5.82 Å². The maximum Gasteiger partial charge on any atom is 0.152 e. The van der Waals surface area contributed by atoms with Crippen LogP contribution in [0.15, 0.2) is 18.2 Å². The van der Waals surface area contributed by atoms with Crippen molar-refractivity contribution in [1.29, 1.82) is 0 Å². The molecule has 1 aliphatic rings. The van der Waals surface area contributed by atoms with Gasteiger partial charge in [0.1, 0.15) is 10.8 Å². The van der Waals surface area contributed by atoms with Crippen LogP contribution in [-0.4, -0.2) is 31.0 Å². The molecule has 1 heterocycles. The fourth-order valence-electron chi connectivity index (χ4n) is 1.95. The first-order valence-corrected chi connectivity index (χ1v) is 7.67. The van der Waals surface area contributed by atoms with Gasteiger partial charge in [-0.3, -0.25) is 0 Å². The predicted octanol–water partition coefficient (Wildman–Crippen LogP) is 1.06. The van der Waals surface area contributed by atoms with Crippen molar-refractivity contribution in [2.75, 3.05) is 16.8 Å². The van der Waals surface area contributed by atoms with Gasteiger partial charge in [0.05, 0.1) is 11.5 Å². The van der Waals surface area contributed by atoms with Gasteiger partial charge in [-0.2, -0.15) is 0 Å². The summed E-state index contributed by atoms with van der Waals surface area (Å²) in [6, 6.07) is 4.25. The largest absolute Gasteiger partial charge is 0.389 e. The van der Waals surface area contributed by atoms with Crippen molar-refractivity contribution < 1.29 is 12.8 Å². The number of benzene rings is 1. The van der Waals surface area contributed by atoms with Crippen LogP contribution in [0.2, 0.25) is 0 Å². The Kier molecular flexibility index (Phi) is 3.54. The Morgan fingerprint density at radius 2 is 2.22 bits per heavy atom. The molecular weight excluding hydrogens is 275 g/mol. The molecule has 3 N–H and O–H groups in total. The zero-order valence-corrected chi connectivity index (χ0v) is 11.2. The van der Waals surface area contributed by atoms with Crippen molar-refractivity contribution in [2.24, 2.45) is 5.73 Å². The summed E-state index contributed by atoms with van der Waals surface area (Å²) in [4.78, 5) is 0.00231. The van der Waals surface area contributed by atoms with Gasteiger partial charge in [0.15, 0.2) is 9.84 Å². The summed E-state index contributed by atoms with van der Waals surface area (Å²) in [7, 11) is -2.94. The summed E-state index contributed by atoms with van der Waals surface area (Å²) in [5.41, 5.74) is 6.08. The maximum atomic E-state index is 13.6. The Labute approximate surface area is 110 Å². The first-order valence-electron chi connectivity index (χ1n) is 5.44. The smallest absolute Gasteiger partial charge is 0.152 e. The van der Waals surface area contributed by atoms with Gasteiger partial charge in [-0.1, -0.05) is 12.2 Å². The van der Waals surface area contributed by atoms with E-state index in [-0.39, 0.29) is 28.1 Å². The van der Waals surface area contributed by atoms with Crippen LogP contribution >= 0.6 is 12.2 Å². The molecule has 0 saturated carbocycles. The molecule has 1 unspecified atom stereocenters. The van der Waals surface area contributed by atoms with E-state index < -0.39 is 15.7 Å². The van der Waals surface area contributed by atoms with E-state index >= 15 is 0 Å². The second-order valence-corrected chi connectivity index (χ2v) is 6.97. The fraction of sp³-hybridized carbons (Fsp3) is 0.364. The fourth-order valence-corrected chi connectivity index (χ4v) is 3.79. The van der Waals surface area contributed by atoms with E-state index in [1.54, 1.807) is 6.07 Å². The minimum absolute atomic E-state index is 0.00231. The molecule has 0 aliphatic carbocycles. The van der Waals surface area contributed by atoms with Gasteiger partial charge in [-0.25, -0.2) is 12.8 Å². The minimum atomic E-state index is -2.94. The molecule has 1 saturated heterocycles. The second kappa shape index (κ2) is 4.81. The van der Waals surface area contributed by atoms with Gasteiger partial charge in [0.2, 0.25) is 0 Å². The zero-order valence-electron chi connectivity index (χ0n) is 9.52. The standard InChI is InChI=1S/C11H13FN2O2S2/c12-10-5-7(1-2-9(10)11(13)17)14-8-3-4-18(15,16)6-8/h1-2,5,8,14H,3-4,6H2,(H2,13,17). The molecule has 1 aromatic carbocycles. The molecule has 18 heavy (non-hydrogen) atoms. The van der Waals surface area contributed by atoms with Crippen molar-refractivity contribution in [2.45, 2.75) is 12.5 Å². The molecule has 4 nitrogen and oxygen atoms in total. The third-order valence-electron chi connectivity index (χ3n) is 2.84. The third-order valence-corrected chi connectivity index (χ3v) is 4.83. The van der Waals surface area contributed by atoms with Crippen LogP contribution in [0.1, 0.15) is 12.0 Å². The van der Waals surface area contributed by atoms with Gasteiger partial charge in [-0.15, -0.1) is 0 Å². The number of anilines is 1. The Bertz CT molecular complexity index is 587. The average molecular weight is 288 g/mol. The minimum Gasteiger partial charge on any atom is -0.389 e. The van der Waals surface area contributed by atoms with E-state index in [0.717, 1.165) is 0 Å². The third kappa shape index (κ3) is 2.97. The molecule has 0 amide bonds. The van der Waals surface area contributed by atoms with Crippen molar-refractivity contribution in [3.8, 4) is 0 Å². The molecular formula is C11H13FN2O2S2. The van der Waals surface area contributed by atoms with Gasteiger partial charge in [0, 0.05) is 17.3 Å². The number of hydrogen-bond donors (Lipinski definition) is 2. The Balaban J connectivity index is 2.12. The average Bonchev–Trinajstić information content (AvgIpc) is 2.57. The summed E-state index contributed by atoms with van der Waals surface area (Å²) in [5.74, 6) is -0.239. The van der Waals surface area contributed by atoms with Crippen LogP contribution in [0.4, 0.5) is 10.1 Å². The first kappa shape index (κ1) is 13.2. The highest BCUT2D eigenvalue weighted by Gasteiger charge is 2.27. The number of nitrogens with one attached hydrogen (secondary N) is 1. The zero-order chi connectivity index (χ0) is 13.3. The lowest BCUT2D eigenvalue weighted by atomic mass is 10.1. The summed E-state index contributed by atoms with van der Waals surface area (Å²) in [5, 5.41) is 3.00. The van der Waals surface area contributed by atoms with E-state index in [1.165, 1.54) is 12.1 Å². The molecule has 1 fully saturated rings. The highest BCUT2D eigenvalue weighted by Crippen LogP contribution is 2.19. The highest BCUT2D eigenvalue weighted by molar-refractivity contribution is 7.91. The SMILES string of the molecule is NC(=S)c1ccc(NC2CCS(=O)(=O)C2)cc1F. The molecule has 0 spiro atoms. The number of thiocarbonyl (C=S) groups is 1. The Morgan fingerprint density at radius 3 is 2.72 bits per heavy atom. The molecule has 1 aromatic rings. The summed E-state index contributed by atoms with van der Waals surface area (Å²) in [6.07, 6.45) is 0.543. The van der Waals surface area contributed by atoms with E-state index in [0.29, 0.717) is 12.1 Å². The number of halogens is 1. The lowest BCUT2D eigenvalue weighted by Gasteiger charge is -2.13. The molecule has 2 rings (SSSR count). The normalized spacial score (nSPS) is 21.7. The van der Waals surface area contributed by atoms with E-state index in [2.05, 4.69) is 5.32 Å². The van der Waals surface area contributed by atoms with Crippen LogP contribution in [0.3, 0.4) is 0 Å². The number of sulfone groups is 1. The van der Waals surface area contributed by atoms with Crippen LogP contribution in [0.25, 0.3) is 0 Å². The summed E-state index contributed by atoms with van der Waals surface area (Å²) in [6.45, 7) is 0. The number of hydrogen-bond acceptors (Lipinski definition) is 4. The second-order valence-electron chi connectivity index (χ2n) is 4.30. The molecule has 98 valence electrons. The molecule has 0 aromatic heterocycles. The molecule has 1 aliphatic heterocycles. The Morgan fingerprint density at radius 1 is 1.50 bits per heavy atom. The molecule has 1 atom stereocenters. The summed E-state index contributed by atoms with van der Waals surface area (Å²) < 4.78 is 36.2. The van der Waals surface area contributed by atoms with Crippen molar-refractivity contribution in [1.82, 2.24) is 0 Å². The number of nitrogens with two attached hydrogens (primary N) is 1. The van der Waals surface area contributed by atoms with Crippen molar-refractivity contribution >= 4 is 32.7 Å². The van der Waals surface area contributed by atoms with Crippen LogP contribution < -0.4 is 11.1 Å². The lowest BCUT2D eigenvalue weighted by Crippen LogP contribution is -2.21. The van der Waals surface area contributed by atoms with Gasteiger partial charge in [0.25, 0.3) is 0 Å². The van der Waals surface area contributed by atoms with Crippen molar-refractivity contribution in [3.63, 3.8) is 0 Å². The molecule has 7 heteroatoms. The van der Waals surface area contributed by atoms with E-state index in [1.807, 2.05) is 0 Å². The molecule has 0 bridgehead atoms. The van der Waals surface area contributed by atoms with E-state index in [9.17, 15) is 12.8 Å². The monoisotopic (exact) mass is 288 g/mol. The number of rotatable bonds is 3. The predicted molar refractivity (Wildman–Crippen MR) is 73.0 cm³/mol. The van der Waals surface area contributed by atoms with Crippen LogP contribution in [0.5, 0.6) is 0 Å². The van der Waals surface area contributed by atoms with Gasteiger partial charge < -0.3 is 11.1 Å². The Hall–Kier alpha value is -1.21. The first-order chi connectivity index (χ1) is 8.37. The summed E-state index contributed by atoms with van der Waals surface area (Å²) >= 11 is 4.70. The van der Waals surface area contributed by atoms with Gasteiger partial charge >= 0.3 is 0 Å². The molecule has 0 radical (unpaired) electrons.